The van der Waals surface area contributed by atoms with Gasteiger partial charge in [-0.2, -0.15) is 0 Å². The molecular formula is C18H14BrNO2S. The van der Waals surface area contributed by atoms with Gasteiger partial charge in [-0.15, -0.1) is 0 Å². The number of halogens is 1. The Balaban J connectivity index is 1.82. The van der Waals surface area contributed by atoms with E-state index < -0.39 is 10.0 Å². The molecule has 0 amide bonds. The topological polar surface area (TPSA) is 46.2 Å². The average molecular weight is 388 g/mol. The molecule has 1 aliphatic rings. The van der Waals surface area contributed by atoms with Gasteiger partial charge in [0.2, 0.25) is 0 Å². The molecule has 0 saturated carbocycles. The summed E-state index contributed by atoms with van der Waals surface area (Å²) in [5.74, 6) is 0. The van der Waals surface area contributed by atoms with Gasteiger partial charge in [-0.25, -0.2) is 8.42 Å². The predicted molar refractivity (Wildman–Crippen MR) is 96.3 cm³/mol. The third-order valence-corrected chi connectivity index (χ3v) is 6.08. The fourth-order valence-corrected chi connectivity index (χ4v) is 4.85. The molecule has 3 aromatic carbocycles. The Labute approximate surface area is 143 Å². The zero-order chi connectivity index (χ0) is 16.0. The number of benzene rings is 3. The van der Waals surface area contributed by atoms with Crippen LogP contribution in [0.5, 0.6) is 0 Å². The molecule has 1 N–H and O–H groups in total. The summed E-state index contributed by atoms with van der Waals surface area (Å²) in [7, 11) is -3.61. The number of hydrogen-bond donors (Lipinski definition) is 1. The van der Waals surface area contributed by atoms with Crippen molar-refractivity contribution < 1.29 is 8.42 Å². The smallest absolute Gasteiger partial charge is 0.261 e. The summed E-state index contributed by atoms with van der Waals surface area (Å²) in [4.78, 5) is 0.245. The van der Waals surface area contributed by atoms with Gasteiger partial charge in [0.1, 0.15) is 0 Å². The van der Waals surface area contributed by atoms with Gasteiger partial charge in [-0.05, 0) is 53.6 Å². The second-order valence-corrected chi connectivity index (χ2v) is 8.27. The van der Waals surface area contributed by atoms with Crippen LogP contribution in [0, 0.1) is 0 Å². The Morgan fingerprint density at radius 1 is 0.913 bits per heavy atom. The van der Waals surface area contributed by atoms with Crippen molar-refractivity contribution in [3.05, 3.63) is 70.2 Å². The normalized spacial score (nSPS) is 13.4. The van der Waals surface area contributed by atoms with Crippen LogP contribution in [0.1, 0.15) is 11.1 Å². The number of anilines is 1. The monoisotopic (exact) mass is 387 g/mol. The van der Waals surface area contributed by atoms with Crippen LogP contribution in [-0.4, -0.2) is 8.42 Å². The summed E-state index contributed by atoms with van der Waals surface area (Å²) in [5, 5.41) is 2.16. The summed E-state index contributed by atoms with van der Waals surface area (Å²) in [5.41, 5.74) is 3.22. The van der Waals surface area contributed by atoms with Crippen LogP contribution in [0.4, 0.5) is 5.69 Å². The third kappa shape index (κ3) is 2.54. The molecule has 0 radical (unpaired) electrons. The van der Waals surface area contributed by atoms with Crippen LogP contribution in [-0.2, 0) is 22.9 Å². The Morgan fingerprint density at radius 2 is 1.65 bits per heavy atom. The van der Waals surface area contributed by atoms with Crippen LogP contribution in [0.15, 0.2) is 64.0 Å². The standard InChI is InChI=1S/C18H14BrNO2S/c19-14-4-2-5-15(11-14)23(21,22)20-17-10-9-13-8-7-12-3-1-6-16(17)18(12)13/h1-6,9-11,20H,7-8H2. The molecule has 23 heavy (non-hydrogen) atoms. The third-order valence-electron chi connectivity index (χ3n) is 4.23. The summed E-state index contributed by atoms with van der Waals surface area (Å²) < 4.78 is 28.8. The van der Waals surface area contributed by atoms with Crippen molar-refractivity contribution >= 4 is 42.4 Å². The van der Waals surface area contributed by atoms with Crippen LogP contribution < -0.4 is 4.72 Å². The highest BCUT2D eigenvalue weighted by Crippen LogP contribution is 2.35. The summed E-state index contributed by atoms with van der Waals surface area (Å²) >= 11 is 3.31. The molecule has 0 unspecified atom stereocenters. The molecule has 0 fully saturated rings. The maximum Gasteiger partial charge on any atom is 0.261 e. The van der Waals surface area contributed by atoms with Gasteiger partial charge in [0.25, 0.3) is 10.0 Å². The lowest BCUT2D eigenvalue weighted by molar-refractivity contribution is 0.601. The maximum atomic E-state index is 12.7. The van der Waals surface area contributed by atoms with Gasteiger partial charge >= 0.3 is 0 Å². The fraction of sp³-hybridized carbons (Fsp3) is 0.111. The predicted octanol–water partition coefficient (Wildman–Crippen LogP) is 4.50. The molecule has 0 aromatic heterocycles. The van der Waals surface area contributed by atoms with Crippen molar-refractivity contribution in [3.63, 3.8) is 0 Å². The molecule has 0 heterocycles. The first-order valence-corrected chi connectivity index (χ1v) is 9.64. The number of hydrogen-bond acceptors (Lipinski definition) is 2. The molecule has 3 nitrogen and oxygen atoms in total. The van der Waals surface area contributed by atoms with Crippen LogP contribution in [0.25, 0.3) is 10.8 Å². The molecule has 3 aromatic rings. The molecule has 0 saturated heterocycles. The number of aryl methyl sites for hydroxylation is 2. The van der Waals surface area contributed by atoms with E-state index in [4.69, 9.17) is 0 Å². The van der Waals surface area contributed by atoms with Crippen molar-refractivity contribution in [3.8, 4) is 0 Å². The molecule has 0 atom stereocenters. The second kappa shape index (κ2) is 5.35. The minimum Gasteiger partial charge on any atom is -0.279 e. The van der Waals surface area contributed by atoms with E-state index in [1.54, 1.807) is 24.3 Å². The highest BCUT2D eigenvalue weighted by Gasteiger charge is 2.19. The van der Waals surface area contributed by atoms with Crippen molar-refractivity contribution in [1.29, 1.82) is 0 Å². The molecule has 0 bridgehead atoms. The van der Waals surface area contributed by atoms with Gasteiger partial charge in [0.15, 0.2) is 0 Å². The Kier molecular flexibility index (Phi) is 3.43. The summed E-state index contributed by atoms with van der Waals surface area (Å²) in [6.45, 7) is 0. The first-order chi connectivity index (χ1) is 11.0. The SMILES string of the molecule is O=S(=O)(Nc1ccc2c3c(cccc13)CC2)c1cccc(Br)c1. The van der Waals surface area contributed by atoms with E-state index in [-0.39, 0.29) is 4.90 Å². The number of rotatable bonds is 3. The Bertz CT molecular complexity index is 1020. The van der Waals surface area contributed by atoms with E-state index >= 15 is 0 Å². The molecular weight excluding hydrogens is 374 g/mol. The quantitative estimate of drug-likeness (QED) is 0.718. The van der Waals surface area contributed by atoms with E-state index in [1.807, 2.05) is 24.3 Å². The Hall–Kier alpha value is -1.85. The minimum atomic E-state index is -3.61. The lowest BCUT2D eigenvalue weighted by atomic mass is 10.0. The van der Waals surface area contributed by atoms with Gasteiger partial charge in [0, 0.05) is 9.86 Å². The molecule has 0 spiro atoms. The number of sulfonamides is 1. The molecule has 5 heteroatoms. The van der Waals surface area contributed by atoms with Crippen LogP contribution in [0.3, 0.4) is 0 Å². The van der Waals surface area contributed by atoms with Gasteiger partial charge in [-0.3, -0.25) is 4.72 Å². The first kappa shape index (κ1) is 14.7. The Morgan fingerprint density at radius 3 is 2.43 bits per heavy atom. The van der Waals surface area contributed by atoms with E-state index in [0.29, 0.717) is 5.69 Å². The van der Waals surface area contributed by atoms with Crippen molar-refractivity contribution in [2.45, 2.75) is 17.7 Å². The van der Waals surface area contributed by atoms with E-state index in [9.17, 15) is 8.42 Å². The van der Waals surface area contributed by atoms with E-state index in [2.05, 4.69) is 26.7 Å². The lowest BCUT2D eigenvalue weighted by Crippen LogP contribution is -2.13. The maximum absolute atomic E-state index is 12.7. The van der Waals surface area contributed by atoms with Crippen molar-refractivity contribution in [2.75, 3.05) is 4.72 Å². The van der Waals surface area contributed by atoms with Crippen LogP contribution >= 0.6 is 15.9 Å². The fourth-order valence-electron chi connectivity index (χ4n) is 3.17. The van der Waals surface area contributed by atoms with E-state index in [1.165, 1.54) is 16.5 Å². The van der Waals surface area contributed by atoms with Crippen molar-refractivity contribution in [2.24, 2.45) is 0 Å². The lowest BCUT2D eigenvalue weighted by Gasteiger charge is -2.12. The average Bonchev–Trinajstić information content (AvgIpc) is 2.95. The molecule has 4 rings (SSSR count). The largest absolute Gasteiger partial charge is 0.279 e. The zero-order valence-corrected chi connectivity index (χ0v) is 14.6. The van der Waals surface area contributed by atoms with E-state index in [0.717, 1.165) is 22.7 Å². The first-order valence-electron chi connectivity index (χ1n) is 7.36. The van der Waals surface area contributed by atoms with Gasteiger partial charge < -0.3 is 0 Å². The minimum absolute atomic E-state index is 0.245. The highest BCUT2D eigenvalue weighted by atomic mass is 79.9. The second-order valence-electron chi connectivity index (χ2n) is 5.67. The highest BCUT2D eigenvalue weighted by molar-refractivity contribution is 9.10. The summed E-state index contributed by atoms with van der Waals surface area (Å²) in [6.07, 6.45) is 2.04. The van der Waals surface area contributed by atoms with Crippen LogP contribution in [0.2, 0.25) is 0 Å². The summed E-state index contributed by atoms with van der Waals surface area (Å²) in [6, 6.07) is 16.7. The molecule has 1 aliphatic carbocycles. The number of nitrogens with one attached hydrogen (secondary N) is 1. The van der Waals surface area contributed by atoms with Gasteiger partial charge in [0.05, 0.1) is 10.6 Å². The molecule has 0 aliphatic heterocycles. The zero-order valence-electron chi connectivity index (χ0n) is 12.2. The van der Waals surface area contributed by atoms with Crippen molar-refractivity contribution in [1.82, 2.24) is 0 Å². The van der Waals surface area contributed by atoms with Gasteiger partial charge in [-0.1, -0.05) is 46.3 Å². The molecule has 116 valence electrons.